The van der Waals surface area contributed by atoms with Crippen molar-refractivity contribution >= 4 is 5.78 Å². The molecule has 2 nitrogen and oxygen atoms in total. The Bertz CT molecular complexity index is 607. The van der Waals surface area contributed by atoms with Crippen molar-refractivity contribution in [3.05, 3.63) is 65.7 Å². The molecule has 0 amide bonds. The normalized spacial score (nSPS) is 12.4. The molecule has 2 aromatic carbocycles. The molecule has 0 heterocycles. The highest BCUT2D eigenvalue weighted by Crippen LogP contribution is 2.14. The molecule has 104 valence electrons. The van der Waals surface area contributed by atoms with E-state index in [1.54, 1.807) is 31.4 Å². The van der Waals surface area contributed by atoms with E-state index in [2.05, 4.69) is 0 Å². The van der Waals surface area contributed by atoms with E-state index in [-0.39, 0.29) is 12.2 Å². The van der Waals surface area contributed by atoms with E-state index in [4.69, 9.17) is 7.48 Å². The van der Waals surface area contributed by atoms with Crippen molar-refractivity contribution in [2.24, 2.45) is 0 Å². The second kappa shape index (κ2) is 7.49. The molecule has 0 aliphatic carbocycles. The monoisotopic (exact) mass is 270 g/mol. The Hall–Kier alpha value is -2.09. The maximum atomic E-state index is 12.1. The summed E-state index contributed by atoms with van der Waals surface area (Å²) in [5, 5.41) is 0. The molecule has 0 bridgehead atoms. The SMILES string of the molecule is [2H]C([2H])(CCc1ccc(OC)cc1)CC(=O)c1ccccc1. The number of hydrogen-bond acceptors (Lipinski definition) is 2. The van der Waals surface area contributed by atoms with Crippen LogP contribution in [0.5, 0.6) is 5.75 Å². The van der Waals surface area contributed by atoms with Crippen LogP contribution in [0.3, 0.4) is 0 Å². The van der Waals surface area contributed by atoms with Gasteiger partial charge >= 0.3 is 0 Å². The Morgan fingerprint density at radius 2 is 1.80 bits per heavy atom. The molecule has 2 rings (SSSR count). The van der Waals surface area contributed by atoms with Crippen molar-refractivity contribution in [2.75, 3.05) is 7.11 Å². The fraction of sp³-hybridized carbons (Fsp3) is 0.278. The zero-order valence-corrected chi connectivity index (χ0v) is 11.6. The lowest BCUT2D eigenvalue weighted by Gasteiger charge is -2.04. The molecule has 0 aliphatic heterocycles. The van der Waals surface area contributed by atoms with Crippen LogP contribution in [0.15, 0.2) is 54.6 Å². The summed E-state index contributed by atoms with van der Waals surface area (Å²) in [6, 6.07) is 16.4. The minimum Gasteiger partial charge on any atom is -0.497 e. The lowest BCUT2D eigenvalue weighted by Crippen LogP contribution is -1.98. The molecule has 0 N–H and O–H groups in total. The lowest BCUT2D eigenvalue weighted by atomic mass is 10.0. The Morgan fingerprint density at radius 3 is 2.45 bits per heavy atom. The van der Waals surface area contributed by atoms with Crippen molar-refractivity contribution in [2.45, 2.75) is 25.6 Å². The summed E-state index contributed by atoms with van der Waals surface area (Å²) in [6.45, 7) is 0. The first-order valence-corrected chi connectivity index (χ1v) is 6.71. The molecule has 0 atom stereocenters. The summed E-state index contributed by atoms with van der Waals surface area (Å²) in [5.41, 5.74) is 1.60. The molecule has 2 aromatic rings. The van der Waals surface area contributed by atoms with Gasteiger partial charge in [0.25, 0.3) is 0 Å². The molecule has 20 heavy (non-hydrogen) atoms. The molecular weight excluding hydrogens is 248 g/mol. The third-order valence-electron chi connectivity index (χ3n) is 3.13. The summed E-state index contributed by atoms with van der Waals surface area (Å²) < 4.78 is 21.2. The van der Waals surface area contributed by atoms with Crippen LogP contribution in [0.4, 0.5) is 0 Å². The number of aryl methyl sites for hydroxylation is 1. The first-order valence-electron chi connectivity index (χ1n) is 7.71. The van der Waals surface area contributed by atoms with Gasteiger partial charge in [0.15, 0.2) is 5.78 Å². The fourth-order valence-corrected chi connectivity index (χ4v) is 1.95. The summed E-state index contributed by atoms with van der Waals surface area (Å²) >= 11 is 0. The molecule has 0 saturated carbocycles. The van der Waals surface area contributed by atoms with Crippen LogP contribution in [0.2, 0.25) is 0 Å². The van der Waals surface area contributed by atoms with E-state index < -0.39 is 6.37 Å². The van der Waals surface area contributed by atoms with Gasteiger partial charge in [-0.25, -0.2) is 0 Å². The smallest absolute Gasteiger partial charge is 0.162 e. The number of carbonyl (C=O) groups excluding carboxylic acids is 1. The van der Waals surface area contributed by atoms with Crippen molar-refractivity contribution < 1.29 is 12.3 Å². The van der Waals surface area contributed by atoms with Crippen LogP contribution in [-0.2, 0) is 6.42 Å². The van der Waals surface area contributed by atoms with E-state index in [1.165, 1.54) is 0 Å². The maximum Gasteiger partial charge on any atom is 0.162 e. The zero-order chi connectivity index (χ0) is 16.0. The van der Waals surface area contributed by atoms with Gasteiger partial charge in [0.05, 0.1) is 7.11 Å². The van der Waals surface area contributed by atoms with E-state index >= 15 is 0 Å². The minimum absolute atomic E-state index is 0.0901. The van der Waals surface area contributed by atoms with Crippen LogP contribution in [0.1, 0.15) is 37.9 Å². The Kier molecular flexibility index (Phi) is 4.38. The summed E-state index contributed by atoms with van der Waals surface area (Å²) in [4.78, 5) is 12.1. The van der Waals surface area contributed by atoms with Gasteiger partial charge in [-0.3, -0.25) is 4.79 Å². The highest BCUT2D eigenvalue weighted by atomic mass is 16.5. The van der Waals surface area contributed by atoms with E-state index in [9.17, 15) is 4.79 Å². The first kappa shape index (κ1) is 11.7. The zero-order valence-electron chi connectivity index (χ0n) is 13.6. The van der Waals surface area contributed by atoms with Crippen molar-refractivity contribution in [1.29, 1.82) is 0 Å². The van der Waals surface area contributed by atoms with Crippen molar-refractivity contribution in [3.63, 3.8) is 0 Å². The highest BCUT2D eigenvalue weighted by molar-refractivity contribution is 5.95. The predicted octanol–water partition coefficient (Wildman–Crippen LogP) is 4.29. The second-order valence-electron chi connectivity index (χ2n) is 4.56. The minimum atomic E-state index is -1.51. The molecule has 0 spiro atoms. The number of ketones is 1. The second-order valence-corrected chi connectivity index (χ2v) is 4.56. The van der Waals surface area contributed by atoms with Gasteiger partial charge in [-0.15, -0.1) is 0 Å². The van der Waals surface area contributed by atoms with Crippen LogP contribution in [0, 0.1) is 0 Å². The topological polar surface area (TPSA) is 26.3 Å². The number of methoxy groups -OCH3 is 1. The number of ether oxygens (including phenoxy) is 1. The summed E-state index contributed by atoms with van der Waals surface area (Å²) in [5.74, 6) is 0.631. The van der Waals surface area contributed by atoms with Crippen molar-refractivity contribution in [1.82, 2.24) is 0 Å². The number of Topliss-reactive ketones (excluding diaryl/α,β-unsaturated/α-hetero) is 1. The van der Waals surface area contributed by atoms with Crippen LogP contribution in [0.25, 0.3) is 0 Å². The average molecular weight is 270 g/mol. The van der Waals surface area contributed by atoms with Gasteiger partial charge in [-0.05, 0) is 36.9 Å². The highest BCUT2D eigenvalue weighted by Gasteiger charge is 2.04. The summed E-state index contributed by atoms with van der Waals surface area (Å²) in [6.07, 6.45) is -0.684. The predicted molar refractivity (Wildman–Crippen MR) is 81.3 cm³/mol. The third kappa shape index (κ3) is 4.23. The summed E-state index contributed by atoms with van der Waals surface area (Å²) in [7, 11) is 1.61. The Labute approximate surface area is 123 Å². The van der Waals surface area contributed by atoms with Crippen molar-refractivity contribution in [3.8, 4) is 5.75 Å². The largest absolute Gasteiger partial charge is 0.497 e. The van der Waals surface area contributed by atoms with Gasteiger partial charge in [-0.2, -0.15) is 0 Å². The number of rotatable bonds is 7. The molecule has 0 saturated heterocycles. The molecule has 0 fully saturated rings. The quantitative estimate of drug-likeness (QED) is 0.701. The van der Waals surface area contributed by atoms with Gasteiger partial charge in [0.1, 0.15) is 5.75 Å². The molecule has 0 unspecified atom stereocenters. The Morgan fingerprint density at radius 1 is 1.10 bits per heavy atom. The van der Waals surface area contributed by atoms with Crippen LogP contribution in [-0.4, -0.2) is 12.9 Å². The van der Waals surface area contributed by atoms with Crippen LogP contribution >= 0.6 is 0 Å². The molecular formula is C18H20O2. The standard InChI is InChI=1S/C18H20O2/c1-20-17-13-11-15(12-14-17)7-5-6-10-18(19)16-8-3-2-4-9-16/h2-4,8-9,11-14H,5-7,10H2,1H3/i6D2. The van der Waals surface area contributed by atoms with E-state index in [0.717, 1.165) is 11.3 Å². The number of hydrogen-bond donors (Lipinski definition) is 0. The average Bonchev–Trinajstić information content (AvgIpc) is 2.54. The molecule has 0 aliphatic rings. The number of benzene rings is 2. The van der Waals surface area contributed by atoms with Gasteiger partial charge < -0.3 is 4.74 Å². The van der Waals surface area contributed by atoms with Crippen LogP contribution < -0.4 is 4.74 Å². The van der Waals surface area contributed by atoms with Gasteiger partial charge in [0, 0.05) is 14.7 Å². The fourth-order valence-electron chi connectivity index (χ4n) is 1.95. The first-order chi connectivity index (χ1) is 10.5. The molecule has 2 heteroatoms. The lowest BCUT2D eigenvalue weighted by molar-refractivity contribution is 0.0979. The number of carbonyl (C=O) groups is 1. The van der Waals surface area contributed by atoms with Gasteiger partial charge in [0.2, 0.25) is 0 Å². The molecule has 0 aromatic heterocycles. The van der Waals surface area contributed by atoms with E-state index in [0.29, 0.717) is 18.4 Å². The maximum absolute atomic E-state index is 12.1. The van der Waals surface area contributed by atoms with E-state index in [1.807, 2.05) is 30.3 Å². The third-order valence-corrected chi connectivity index (χ3v) is 3.13. The van der Waals surface area contributed by atoms with Gasteiger partial charge in [-0.1, -0.05) is 42.5 Å². The Balaban J connectivity index is 1.91. The molecule has 0 radical (unpaired) electrons.